The van der Waals surface area contributed by atoms with Gasteiger partial charge >= 0.3 is 0 Å². The fourth-order valence-corrected chi connectivity index (χ4v) is 2.79. The van der Waals surface area contributed by atoms with Gasteiger partial charge in [0, 0.05) is 29.1 Å². The minimum absolute atomic E-state index is 0.0820. The summed E-state index contributed by atoms with van der Waals surface area (Å²) < 4.78 is 7.69. The molecule has 1 unspecified atom stereocenters. The maximum Gasteiger partial charge on any atom is 0.194 e. The van der Waals surface area contributed by atoms with Gasteiger partial charge in [-0.2, -0.15) is 0 Å². The van der Waals surface area contributed by atoms with E-state index in [4.69, 9.17) is 4.74 Å². The number of aryl methyl sites for hydroxylation is 1. The second-order valence-corrected chi connectivity index (χ2v) is 5.36. The summed E-state index contributed by atoms with van der Waals surface area (Å²) in [5, 5.41) is 0. The summed E-state index contributed by atoms with van der Waals surface area (Å²) in [4.78, 5) is 12.6. The predicted octanol–water partition coefficient (Wildman–Crippen LogP) is 3.93. The van der Waals surface area contributed by atoms with Crippen molar-refractivity contribution in [1.29, 1.82) is 0 Å². The minimum Gasteiger partial charge on any atom is -0.380 e. The molecule has 0 N–H and O–H groups in total. The monoisotopic (exact) mass is 285 g/mol. The summed E-state index contributed by atoms with van der Waals surface area (Å²) in [6, 6.07) is 11.6. The second kappa shape index (κ2) is 6.72. The predicted molar refractivity (Wildman–Crippen MR) is 85.0 cm³/mol. The molecule has 0 aliphatic rings. The lowest BCUT2D eigenvalue weighted by atomic mass is 10.0. The molecule has 0 aliphatic carbocycles. The van der Waals surface area contributed by atoms with Crippen molar-refractivity contribution in [3.8, 4) is 0 Å². The van der Waals surface area contributed by atoms with Crippen LogP contribution in [0.3, 0.4) is 0 Å². The zero-order chi connectivity index (χ0) is 15.4. The summed E-state index contributed by atoms with van der Waals surface area (Å²) in [6.07, 6.45) is 0. The Morgan fingerprint density at radius 1 is 1.24 bits per heavy atom. The van der Waals surface area contributed by atoms with E-state index in [1.54, 1.807) is 0 Å². The van der Waals surface area contributed by atoms with Crippen molar-refractivity contribution in [2.24, 2.45) is 0 Å². The van der Waals surface area contributed by atoms with Crippen LogP contribution < -0.4 is 0 Å². The van der Waals surface area contributed by atoms with E-state index in [1.165, 1.54) is 0 Å². The molecule has 0 aliphatic heterocycles. The quantitative estimate of drug-likeness (QED) is 0.753. The van der Waals surface area contributed by atoms with Gasteiger partial charge in [-0.05, 0) is 33.8 Å². The highest BCUT2D eigenvalue weighted by Gasteiger charge is 2.19. The lowest BCUT2D eigenvalue weighted by molar-refractivity contribution is 0.103. The third kappa shape index (κ3) is 3.24. The average Bonchev–Trinajstić information content (AvgIpc) is 2.80. The number of carbonyl (C=O) groups is 1. The van der Waals surface area contributed by atoms with Gasteiger partial charge < -0.3 is 9.30 Å². The third-order valence-electron chi connectivity index (χ3n) is 3.77. The molecule has 3 heteroatoms. The lowest BCUT2D eigenvalue weighted by Crippen LogP contribution is -2.15. The Morgan fingerprint density at radius 2 is 1.90 bits per heavy atom. The van der Waals surface area contributed by atoms with Gasteiger partial charge in [0.25, 0.3) is 0 Å². The number of hydrogen-bond acceptors (Lipinski definition) is 2. The number of nitrogens with zero attached hydrogens (tertiary/aromatic N) is 1. The van der Waals surface area contributed by atoms with Crippen LogP contribution >= 0.6 is 0 Å². The Hall–Kier alpha value is -1.87. The summed E-state index contributed by atoms with van der Waals surface area (Å²) in [6.45, 7) is 9.52. The van der Waals surface area contributed by atoms with Crippen molar-refractivity contribution in [2.45, 2.75) is 33.7 Å². The number of rotatable bonds is 6. The molecule has 1 heterocycles. The number of hydrogen-bond donors (Lipinski definition) is 0. The first kappa shape index (κ1) is 15.5. The van der Waals surface area contributed by atoms with Crippen molar-refractivity contribution in [3.05, 3.63) is 58.9 Å². The number of ketones is 1. The van der Waals surface area contributed by atoms with Gasteiger partial charge in [-0.1, -0.05) is 30.3 Å². The molecule has 0 spiro atoms. The maximum absolute atomic E-state index is 12.6. The molecule has 21 heavy (non-hydrogen) atoms. The van der Waals surface area contributed by atoms with Gasteiger partial charge in [0.15, 0.2) is 5.78 Å². The maximum atomic E-state index is 12.6. The molecule has 2 rings (SSSR count). The highest BCUT2D eigenvalue weighted by Crippen LogP contribution is 2.23. The number of carbonyl (C=O) groups excluding carboxylic acids is 1. The first-order valence-electron chi connectivity index (χ1n) is 7.42. The van der Waals surface area contributed by atoms with Gasteiger partial charge in [-0.15, -0.1) is 0 Å². The largest absolute Gasteiger partial charge is 0.380 e. The summed E-state index contributed by atoms with van der Waals surface area (Å²) in [7, 11) is 0. The first-order chi connectivity index (χ1) is 10.1. The first-order valence-corrected chi connectivity index (χ1v) is 7.42. The molecule has 1 aromatic carbocycles. The third-order valence-corrected chi connectivity index (χ3v) is 3.77. The number of ether oxygens (including phenoxy) is 1. The van der Waals surface area contributed by atoms with E-state index in [-0.39, 0.29) is 11.8 Å². The number of benzene rings is 1. The molecule has 1 aromatic heterocycles. The van der Waals surface area contributed by atoms with E-state index in [2.05, 4.69) is 11.5 Å². The van der Waals surface area contributed by atoms with Crippen LogP contribution in [0.5, 0.6) is 0 Å². The van der Waals surface area contributed by atoms with Crippen molar-refractivity contribution in [1.82, 2.24) is 4.57 Å². The molecule has 2 aromatic rings. The summed E-state index contributed by atoms with van der Waals surface area (Å²) in [5.41, 5.74) is 3.62. The van der Waals surface area contributed by atoms with E-state index in [0.29, 0.717) is 13.2 Å². The Balaban J connectivity index is 2.33. The SMILES string of the molecule is CCOCC(C)n1c(C)cc(C(=O)c2ccccc2)c1C. The highest BCUT2D eigenvalue weighted by atomic mass is 16.5. The molecular weight excluding hydrogens is 262 g/mol. The van der Waals surface area contributed by atoms with Crippen LogP contribution in [0.4, 0.5) is 0 Å². The molecule has 0 saturated heterocycles. The van der Waals surface area contributed by atoms with Crippen molar-refractivity contribution < 1.29 is 9.53 Å². The van der Waals surface area contributed by atoms with Crippen molar-refractivity contribution in [3.63, 3.8) is 0 Å². The van der Waals surface area contributed by atoms with Crippen LogP contribution in [-0.2, 0) is 4.74 Å². The number of aromatic nitrogens is 1. The lowest BCUT2D eigenvalue weighted by Gasteiger charge is -2.18. The van der Waals surface area contributed by atoms with Crippen molar-refractivity contribution >= 4 is 5.78 Å². The van der Waals surface area contributed by atoms with Crippen LogP contribution in [-0.4, -0.2) is 23.6 Å². The Morgan fingerprint density at radius 3 is 2.52 bits per heavy atom. The molecule has 0 amide bonds. The van der Waals surface area contributed by atoms with Crippen LogP contribution in [0.1, 0.15) is 47.2 Å². The standard InChI is InChI=1S/C18H23NO2/c1-5-21-12-14(3)19-13(2)11-17(15(19)4)18(20)16-9-7-6-8-10-16/h6-11,14H,5,12H2,1-4H3. The van der Waals surface area contributed by atoms with Crippen LogP contribution in [0.2, 0.25) is 0 Å². The zero-order valence-electron chi connectivity index (χ0n) is 13.2. The van der Waals surface area contributed by atoms with Crippen LogP contribution in [0.25, 0.3) is 0 Å². The molecule has 3 nitrogen and oxygen atoms in total. The molecule has 1 atom stereocenters. The van der Waals surface area contributed by atoms with Gasteiger partial charge in [0.2, 0.25) is 0 Å². The fourth-order valence-electron chi connectivity index (χ4n) is 2.79. The second-order valence-electron chi connectivity index (χ2n) is 5.36. The van der Waals surface area contributed by atoms with E-state index < -0.39 is 0 Å². The minimum atomic E-state index is 0.0820. The van der Waals surface area contributed by atoms with E-state index in [0.717, 1.165) is 22.5 Å². The Bertz CT molecular complexity index is 614. The fraction of sp³-hybridized carbons (Fsp3) is 0.389. The molecule has 0 fully saturated rings. The highest BCUT2D eigenvalue weighted by molar-refractivity contribution is 6.09. The topological polar surface area (TPSA) is 31.2 Å². The smallest absolute Gasteiger partial charge is 0.194 e. The van der Waals surface area contributed by atoms with Gasteiger partial charge in [-0.25, -0.2) is 0 Å². The average molecular weight is 285 g/mol. The van der Waals surface area contributed by atoms with Gasteiger partial charge in [-0.3, -0.25) is 4.79 Å². The molecule has 0 bridgehead atoms. The zero-order valence-corrected chi connectivity index (χ0v) is 13.2. The Kier molecular flexibility index (Phi) is 4.97. The molecule has 112 valence electrons. The molecule has 0 saturated carbocycles. The Labute approximate surface area is 126 Å². The molecule has 0 radical (unpaired) electrons. The normalized spacial score (nSPS) is 12.4. The van der Waals surface area contributed by atoms with Gasteiger partial charge in [0.05, 0.1) is 12.6 Å². The van der Waals surface area contributed by atoms with Crippen molar-refractivity contribution in [2.75, 3.05) is 13.2 Å². The summed E-state index contributed by atoms with van der Waals surface area (Å²) in [5.74, 6) is 0.0820. The molecular formula is C18H23NO2. The van der Waals surface area contributed by atoms with Crippen LogP contribution in [0.15, 0.2) is 36.4 Å². The van der Waals surface area contributed by atoms with E-state index >= 15 is 0 Å². The van der Waals surface area contributed by atoms with E-state index in [9.17, 15) is 4.79 Å². The van der Waals surface area contributed by atoms with Gasteiger partial charge in [0.1, 0.15) is 0 Å². The van der Waals surface area contributed by atoms with Crippen LogP contribution in [0, 0.1) is 13.8 Å². The summed E-state index contributed by atoms with van der Waals surface area (Å²) >= 11 is 0. The van der Waals surface area contributed by atoms with E-state index in [1.807, 2.05) is 57.2 Å².